The van der Waals surface area contributed by atoms with Crippen LogP contribution in [0.2, 0.25) is 0 Å². The van der Waals surface area contributed by atoms with E-state index in [1.807, 2.05) is 17.8 Å². The number of nitrogens with two attached hydrogens (primary N) is 1. The Bertz CT molecular complexity index is 312. The monoisotopic (exact) mass is 194 g/mol. The molecule has 1 aromatic heterocycles. The summed E-state index contributed by atoms with van der Waals surface area (Å²) in [7, 11) is 0. The lowest BCUT2D eigenvalue weighted by atomic mass is 9.70. The highest BCUT2D eigenvalue weighted by Crippen LogP contribution is 2.41. The molecule has 0 aliphatic heterocycles. The van der Waals surface area contributed by atoms with Crippen LogP contribution in [-0.2, 0) is 6.54 Å². The maximum absolute atomic E-state index is 5.72. The minimum absolute atomic E-state index is 0.0158. The molecule has 4 nitrogen and oxygen atoms in total. The van der Waals surface area contributed by atoms with Gasteiger partial charge < -0.3 is 5.73 Å². The van der Waals surface area contributed by atoms with E-state index in [2.05, 4.69) is 17.2 Å². The van der Waals surface area contributed by atoms with Gasteiger partial charge in [0, 0.05) is 12.6 Å². The first-order valence-corrected chi connectivity index (χ1v) is 5.25. The van der Waals surface area contributed by atoms with Gasteiger partial charge in [0.1, 0.15) is 0 Å². The zero-order valence-corrected chi connectivity index (χ0v) is 8.90. The molecule has 0 unspecified atom stereocenters. The molecule has 2 rings (SSSR count). The third-order valence-corrected chi connectivity index (χ3v) is 3.13. The van der Waals surface area contributed by atoms with E-state index < -0.39 is 0 Å². The Morgan fingerprint density at radius 2 is 2.36 bits per heavy atom. The molecule has 4 heteroatoms. The molecule has 1 aliphatic rings. The van der Waals surface area contributed by atoms with Gasteiger partial charge in [-0.25, -0.2) is 0 Å². The molecule has 1 aliphatic carbocycles. The summed E-state index contributed by atoms with van der Waals surface area (Å²) in [6, 6.07) is -0.0158. The number of rotatable bonds is 3. The van der Waals surface area contributed by atoms with Gasteiger partial charge in [-0.1, -0.05) is 18.6 Å². The van der Waals surface area contributed by atoms with Gasteiger partial charge in [0.25, 0.3) is 0 Å². The van der Waals surface area contributed by atoms with Gasteiger partial charge in [0.05, 0.1) is 11.9 Å². The molecule has 0 bridgehead atoms. The zero-order chi connectivity index (χ0) is 10.2. The lowest BCUT2D eigenvalue weighted by Crippen LogP contribution is -2.30. The predicted molar refractivity (Wildman–Crippen MR) is 54.6 cm³/mol. The average Bonchev–Trinajstić information content (AvgIpc) is 2.50. The minimum Gasteiger partial charge on any atom is -0.323 e. The van der Waals surface area contributed by atoms with Crippen molar-refractivity contribution in [2.24, 2.45) is 11.1 Å². The van der Waals surface area contributed by atoms with Crippen molar-refractivity contribution in [3.8, 4) is 0 Å². The Morgan fingerprint density at radius 1 is 1.64 bits per heavy atom. The van der Waals surface area contributed by atoms with Crippen LogP contribution in [-0.4, -0.2) is 15.0 Å². The summed E-state index contributed by atoms with van der Waals surface area (Å²) < 4.78 is 1.93. The molecule has 1 atom stereocenters. The Morgan fingerprint density at radius 3 is 2.79 bits per heavy atom. The highest BCUT2D eigenvalue weighted by atomic mass is 15.4. The minimum atomic E-state index is -0.0158. The van der Waals surface area contributed by atoms with Gasteiger partial charge in [-0.3, -0.25) is 4.68 Å². The average molecular weight is 194 g/mol. The van der Waals surface area contributed by atoms with Crippen molar-refractivity contribution >= 4 is 0 Å². The van der Waals surface area contributed by atoms with Gasteiger partial charge in [0.15, 0.2) is 0 Å². The summed E-state index contributed by atoms with van der Waals surface area (Å²) in [5.74, 6) is 0. The molecule has 0 spiro atoms. The smallest absolute Gasteiger partial charge is 0.0991 e. The quantitative estimate of drug-likeness (QED) is 0.793. The van der Waals surface area contributed by atoms with Crippen LogP contribution in [0.1, 0.15) is 44.8 Å². The van der Waals surface area contributed by atoms with E-state index in [0.717, 1.165) is 12.2 Å². The van der Waals surface area contributed by atoms with Crippen LogP contribution in [0.25, 0.3) is 0 Å². The van der Waals surface area contributed by atoms with E-state index >= 15 is 0 Å². The second kappa shape index (κ2) is 3.35. The molecule has 1 heterocycles. The van der Waals surface area contributed by atoms with E-state index in [0.29, 0.717) is 5.41 Å². The van der Waals surface area contributed by atoms with Gasteiger partial charge >= 0.3 is 0 Å². The van der Waals surface area contributed by atoms with Gasteiger partial charge in [-0.2, -0.15) is 0 Å². The topological polar surface area (TPSA) is 56.7 Å². The highest BCUT2D eigenvalue weighted by molar-refractivity contribution is 4.98. The Kier molecular flexibility index (Phi) is 2.31. The fourth-order valence-corrected chi connectivity index (χ4v) is 1.93. The maximum Gasteiger partial charge on any atom is 0.0991 e. The van der Waals surface area contributed by atoms with Crippen molar-refractivity contribution in [2.75, 3.05) is 0 Å². The molecule has 14 heavy (non-hydrogen) atoms. The number of hydrogen-bond acceptors (Lipinski definition) is 3. The molecule has 0 saturated heterocycles. The lowest BCUT2D eigenvalue weighted by Gasteiger charge is -2.37. The number of hydrogen-bond donors (Lipinski definition) is 1. The molecule has 78 valence electrons. The Balaban J connectivity index is 2.02. The largest absolute Gasteiger partial charge is 0.323 e. The summed E-state index contributed by atoms with van der Waals surface area (Å²) in [6.45, 7) is 5.22. The molecule has 2 N–H and O–H groups in total. The fraction of sp³-hybridized carbons (Fsp3) is 0.800. The SMILES string of the molecule is C[C@@H](N)c1cn(CC2(C)CCC2)nn1. The van der Waals surface area contributed by atoms with Crippen molar-refractivity contribution in [3.63, 3.8) is 0 Å². The zero-order valence-electron chi connectivity index (χ0n) is 8.90. The van der Waals surface area contributed by atoms with Gasteiger partial charge in [-0.05, 0) is 25.2 Å². The van der Waals surface area contributed by atoms with Crippen molar-refractivity contribution < 1.29 is 0 Å². The van der Waals surface area contributed by atoms with Crippen LogP contribution < -0.4 is 5.73 Å². The predicted octanol–water partition coefficient (Wildman–Crippen LogP) is 1.49. The summed E-state index contributed by atoms with van der Waals surface area (Å²) in [5, 5.41) is 8.14. The first kappa shape index (κ1) is 9.65. The third kappa shape index (κ3) is 1.80. The molecule has 1 aromatic rings. The molecule has 1 saturated carbocycles. The van der Waals surface area contributed by atoms with E-state index in [1.54, 1.807) is 0 Å². The van der Waals surface area contributed by atoms with Crippen LogP contribution in [0, 0.1) is 5.41 Å². The summed E-state index contributed by atoms with van der Waals surface area (Å²) in [4.78, 5) is 0. The lowest BCUT2D eigenvalue weighted by molar-refractivity contribution is 0.125. The number of nitrogens with zero attached hydrogens (tertiary/aromatic N) is 3. The third-order valence-electron chi connectivity index (χ3n) is 3.13. The summed E-state index contributed by atoms with van der Waals surface area (Å²) in [6.07, 6.45) is 5.93. The molecule has 0 radical (unpaired) electrons. The Hall–Kier alpha value is -0.900. The Labute approximate surface area is 84.5 Å². The van der Waals surface area contributed by atoms with E-state index in [-0.39, 0.29) is 6.04 Å². The van der Waals surface area contributed by atoms with Crippen LogP contribution >= 0.6 is 0 Å². The normalized spacial score (nSPS) is 21.6. The number of aromatic nitrogens is 3. The van der Waals surface area contributed by atoms with Crippen LogP contribution in [0.4, 0.5) is 0 Å². The van der Waals surface area contributed by atoms with Crippen LogP contribution in [0.5, 0.6) is 0 Å². The second-order valence-corrected chi connectivity index (χ2v) is 4.79. The maximum atomic E-state index is 5.72. The highest BCUT2D eigenvalue weighted by Gasteiger charge is 2.32. The standard InChI is InChI=1S/C10H18N4/c1-8(11)9-6-14(13-12-9)7-10(2)4-3-5-10/h6,8H,3-5,7,11H2,1-2H3/t8-/m1/s1. The summed E-state index contributed by atoms with van der Waals surface area (Å²) >= 11 is 0. The van der Waals surface area contributed by atoms with Crippen LogP contribution in [0.3, 0.4) is 0 Å². The van der Waals surface area contributed by atoms with Gasteiger partial charge in [-0.15, -0.1) is 5.10 Å². The van der Waals surface area contributed by atoms with E-state index in [1.165, 1.54) is 19.3 Å². The van der Waals surface area contributed by atoms with Crippen molar-refractivity contribution in [1.29, 1.82) is 0 Å². The summed E-state index contributed by atoms with van der Waals surface area (Å²) in [5.41, 5.74) is 7.05. The van der Waals surface area contributed by atoms with Crippen molar-refractivity contribution in [1.82, 2.24) is 15.0 Å². The molecule has 1 fully saturated rings. The van der Waals surface area contributed by atoms with Crippen molar-refractivity contribution in [2.45, 2.75) is 45.7 Å². The van der Waals surface area contributed by atoms with Gasteiger partial charge in [0.2, 0.25) is 0 Å². The molecule has 0 amide bonds. The second-order valence-electron chi connectivity index (χ2n) is 4.79. The van der Waals surface area contributed by atoms with Crippen LogP contribution in [0.15, 0.2) is 6.20 Å². The first-order valence-electron chi connectivity index (χ1n) is 5.25. The molecular formula is C10H18N4. The molecule has 0 aromatic carbocycles. The van der Waals surface area contributed by atoms with E-state index in [4.69, 9.17) is 5.73 Å². The van der Waals surface area contributed by atoms with E-state index in [9.17, 15) is 0 Å². The first-order chi connectivity index (χ1) is 6.59. The molecular weight excluding hydrogens is 176 g/mol. The fourth-order valence-electron chi connectivity index (χ4n) is 1.93. The van der Waals surface area contributed by atoms with Crippen molar-refractivity contribution in [3.05, 3.63) is 11.9 Å².